The number of carbonyl (C=O) groups excluding carboxylic acids is 1. The first kappa shape index (κ1) is 28.1. The van der Waals surface area contributed by atoms with E-state index in [9.17, 15) is 4.79 Å². The Morgan fingerprint density at radius 2 is 1.78 bits per heavy atom. The summed E-state index contributed by atoms with van der Waals surface area (Å²) in [4.78, 5) is 15.6. The van der Waals surface area contributed by atoms with Crippen LogP contribution < -0.4 is 15.2 Å². The van der Waals surface area contributed by atoms with Gasteiger partial charge in [-0.1, -0.05) is 48.0 Å². The first-order valence-corrected chi connectivity index (χ1v) is 12.7. The number of para-hydroxylation sites is 1. The minimum atomic E-state index is -0.141. The number of amides is 1. The highest BCUT2D eigenvalue weighted by atomic mass is 35.5. The van der Waals surface area contributed by atoms with E-state index < -0.39 is 0 Å². The van der Waals surface area contributed by atoms with Gasteiger partial charge in [-0.3, -0.25) is 4.79 Å². The van der Waals surface area contributed by atoms with Crippen molar-refractivity contribution in [1.29, 1.82) is 0 Å². The van der Waals surface area contributed by atoms with Crippen molar-refractivity contribution in [3.05, 3.63) is 95.0 Å². The van der Waals surface area contributed by atoms with Gasteiger partial charge in [-0.25, -0.2) is 0 Å². The number of benzene rings is 3. The topological polar surface area (TPSA) is 68.0 Å². The molecule has 1 unspecified atom stereocenters. The maximum atomic E-state index is 11.6. The minimum absolute atomic E-state index is 0.141. The van der Waals surface area contributed by atoms with Gasteiger partial charge in [0.25, 0.3) is 0 Å². The molecular weight excluding hydrogens is 486 g/mol. The number of carbonyl (C=O) groups is 1. The van der Waals surface area contributed by atoms with Crippen LogP contribution in [0.15, 0.2) is 78.9 Å². The summed E-state index contributed by atoms with van der Waals surface area (Å²) in [7, 11) is 5.77. The summed E-state index contributed by atoms with van der Waals surface area (Å²) >= 11 is 6.17. The number of anilines is 1. The van der Waals surface area contributed by atoms with Gasteiger partial charge in [0.05, 0.1) is 19.8 Å². The lowest BCUT2D eigenvalue weighted by molar-refractivity contribution is -0.119. The van der Waals surface area contributed by atoms with Crippen LogP contribution in [-0.4, -0.2) is 57.1 Å². The van der Waals surface area contributed by atoms with Gasteiger partial charge in [-0.15, -0.1) is 0 Å². The van der Waals surface area contributed by atoms with E-state index in [0.29, 0.717) is 23.9 Å². The summed E-state index contributed by atoms with van der Waals surface area (Å²) in [6.45, 7) is 2.31. The molecule has 3 aromatic carbocycles. The fourth-order valence-electron chi connectivity index (χ4n) is 4.08. The van der Waals surface area contributed by atoms with Gasteiger partial charge in [-0.05, 0) is 80.5 Å². The van der Waals surface area contributed by atoms with Crippen molar-refractivity contribution in [2.45, 2.75) is 18.9 Å². The molecule has 6 nitrogen and oxygen atoms in total. The van der Waals surface area contributed by atoms with Crippen molar-refractivity contribution in [2.24, 2.45) is 0 Å². The zero-order valence-electron chi connectivity index (χ0n) is 21.8. The summed E-state index contributed by atoms with van der Waals surface area (Å²) in [5.41, 5.74) is 9.95. The van der Waals surface area contributed by atoms with E-state index in [0.717, 1.165) is 54.0 Å². The molecule has 0 radical (unpaired) electrons. The van der Waals surface area contributed by atoms with Crippen molar-refractivity contribution in [1.82, 2.24) is 9.80 Å². The molecule has 2 N–H and O–H groups in total. The normalized spacial score (nSPS) is 14.9. The van der Waals surface area contributed by atoms with Crippen molar-refractivity contribution < 1.29 is 14.3 Å². The summed E-state index contributed by atoms with van der Waals surface area (Å²) in [5.74, 6) is 1.75. The molecule has 1 amide bonds. The van der Waals surface area contributed by atoms with Gasteiger partial charge in [0.1, 0.15) is 11.5 Å². The molecule has 0 aromatic heterocycles. The Kier molecular flexibility index (Phi) is 10.9. The second kappa shape index (κ2) is 14.3. The molecule has 0 aliphatic carbocycles. The number of hydrogen-bond donors (Lipinski definition) is 1. The molecule has 3 aromatic rings. The third kappa shape index (κ3) is 8.55. The molecule has 0 fully saturated rings. The second-order valence-electron chi connectivity index (χ2n) is 9.05. The number of halogens is 1. The van der Waals surface area contributed by atoms with Crippen LogP contribution in [0.2, 0.25) is 5.02 Å². The van der Waals surface area contributed by atoms with E-state index in [4.69, 9.17) is 26.8 Å². The monoisotopic (exact) mass is 521 g/mol. The van der Waals surface area contributed by atoms with Crippen LogP contribution in [0, 0.1) is 0 Å². The van der Waals surface area contributed by atoms with Crippen LogP contribution in [0.5, 0.6) is 11.5 Å². The Balaban J connectivity index is 0.000000405. The Morgan fingerprint density at radius 3 is 2.41 bits per heavy atom. The first-order valence-electron chi connectivity index (χ1n) is 12.3. The highest BCUT2D eigenvalue weighted by molar-refractivity contribution is 6.30. The lowest BCUT2D eigenvalue weighted by Crippen LogP contribution is -2.30. The minimum Gasteiger partial charge on any atom is -0.497 e. The van der Waals surface area contributed by atoms with E-state index in [2.05, 4.69) is 25.1 Å². The van der Waals surface area contributed by atoms with E-state index in [1.165, 1.54) is 0 Å². The molecule has 0 saturated carbocycles. The average Bonchev–Trinajstić information content (AvgIpc) is 2.93. The van der Waals surface area contributed by atoms with Gasteiger partial charge in [0.2, 0.25) is 6.41 Å². The Labute approximate surface area is 225 Å². The molecule has 37 heavy (non-hydrogen) atoms. The second-order valence-corrected chi connectivity index (χ2v) is 9.49. The van der Waals surface area contributed by atoms with Crippen molar-refractivity contribution >= 4 is 29.3 Å². The molecule has 196 valence electrons. The van der Waals surface area contributed by atoms with Gasteiger partial charge in [-0.2, -0.15) is 0 Å². The lowest BCUT2D eigenvalue weighted by Gasteiger charge is -2.32. The molecule has 1 heterocycles. The highest BCUT2D eigenvalue weighted by Crippen LogP contribution is 2.36. The fourth-order valence-corrected chi connectivity index (χ4v) is 4.26. The third-order valence-corrected chi connectivity index (χ3v) is 6.31. The Hall–Kier alpha value is -3.48. The van der Waals surface area contributed by atoms with Crippen molar-refractivity contribution in [2.75, 3.05) is 46.6 Å². The van der Waals surface area contributed by atoms with Gasteiger partial charge < -0.3 is 25.0 Å². The van der Waals surface area contributed by atoms with Crippen molar-refractivity contribution in [3.8, 4) is 11.5 Å². The number of hydrogen-bond acceptors (Lipinski definition) is 5. The third-order valence-electron chi connectivity index (χ3n) is 6.07. The lowest BCUT2D eigenvalue weighted by atomic mass is 9.92. The predicted octanol–water partition coefficient (Wildman–Crippen LogP) is 5.93. The van der Waals surface area contributed by atoms with E-state index in [1.807, 2.05) is 66.7 Å². The highest BCUT2D eigenvalue weighted by Gasteiger charge is 2.24. The molecular formula is C30H36ClN3O3. The van der Waals surface area contributed by atoms with Crippen LogP contribution in [0.1, 0.15) is 30.0 Å². The van der Waals surface area contributed by atoms with Crippen LogP contribution in [0.3, 0.4) is 0 Å². The summed E-state index contributed by atoms with van der Waals surface area (Å²) in [6.07, 6.45) is 4.73. The number of nitrogen functional groups attached to an aromatic ring is 1. The van der Waals surface area contributed by atoms with Gasteiger partial charge in [0.15, 0.2) is 0 Å². The zero-order chi connectivity index (χ0) is 26.6. The van der Waals surface area contributed by atoms with E-state index in [1.54, 1.807) is 18.1 Å². The predicted molar refractivity (Wildman–Crippen MR) is 152 cm³/mol. The smallest absolute Gasteiger partial charge is 0.210 e. The molecule has 1 atom stereocenters. The van der Waals surface area contributed by atoms with Crippen LogP contribution in [-0.2, 0) is 4.79 Å². The zero-order valence-corrected chi connectivity index (χ0v) is 22.5. The quantitative estimate of drug-likeness (QED) is 0.214. The maximum absolute atomic E-state index is 11.6. The summed E-state index contributed by atoms with van der Waals surface area (Å²) in [6, 6.07) is 23.0. The SMILES string of the molecule is CN(C)CCCOc1ccc(C2C=C(c3cc(Cl)ccc3N)CCN2C=O)cc1.COc1ccccc1. The Morgan fingerprint density at radius 1 is 1.05 bits per heavy atom. The standard InChI is InChI=1S/C23H28ClN3O2.C7H8O/c1-26(2)11-3-13-29-20-7-4-17(5-8-20)23-14-18(10-12-27(23)16-28)21-15-19(24)6-9-22(21)25;1-8-7-5-3-2-4-6-7/h4-9,14-16,23H,3,10-13,25H2,1-2H3;2-6H,1H3. The fraction of sp³-hybridized carbons (Fsp3) is 0.300. The summed E-state index contributed by atoms with van der Waals surface area (Å²) < 4.78 is 10.7. The number of nitrogens with two attached hydrogens (primary N) is 1. The van der Waals surface area contributed by atoms with E-state index >= 15 is 0 Å². The van der Waals surface area contributed by atoms with Crippen molar-refractivity contribution in [3.63, 3.8) is 0 Å². The van der Waals surface area contributed by atoms with Crippen LogP contribution in [0.4, 0.5) is 5.69 Å². The first-order chi connectivity index (χ1) is 17.9. The molecule has 1 aliphatic rings. The number of nitrogens with zero attached hydrogens (tertiary/aromatic N) is 2. The molecule has 0 saturated heterocycles. The van der Waals surface area contributed by atoms with Gasteiger partial charge >= 0.3 is 0 Å². The molecule has 4 rings (SSSR count). The largest absolute Gasteiger partial charge is 0.497 e. The van der Waals surface area contributed by atoms with Gasteiger partial charge in [0, 0.05) is 29.4 Å². The molecule has 0 spiro atoms. The number of ether oxygens (including phenoxy) is 2. The van der Waals surface area contributed by atoms with E-state index in [-0.39, 0.29) is 6.04 Å². The number of methoxy groups -OCH3 is 1. The van der Waals surface area contributed by atoms with Crippen LogP contribution >= 0.6 is 11.6 Å². The molecule has 0 bridgehead atoms. The maximum Gasteiger partial charge on any atom is 0.210 e. The number of rotatable bonds is 9. The Bertz CT molecular complexity index is 1150. The summed E-state index contributed by atoms with van der Waals surface area (Å²) in [5, 5.41) is 0.653. The molecule has 1 aliphatic heterocycles. The van der Waals surface area contributed by atoms with Crippen LogP contribution in [0.25, 0.3) is 5.57 Å². The molecule has 7 heteroatoms. The average molecular weight is 522 g/mol.